The van der Waals surface area contributed by atoms with Gasteiger partial charge < -0.3 is 9.47 Å². The molecule has 1 aromatic carbocycles. The highest BCUT2D eigenvalue weighted by molar-refractivity contribution is 5.89. The second kappa shape index (κ2) is 6.88. The van der Waals surface area contributed by atoms with Gasteiger partial charge in [-0.3, -0.25) is 4.89 Å². The molecule has 0 N–H and O–H groups in total. The molecule has 0 atom stereocenters. The first-order valence-electron chi connectivity index (χ1n) is 5.01. The van der Waals surface area contributed by atoms with Gasteiger partial charge in [-0.1, -0.05) is 6.07 Å². The normalized spacial score (nSPS) is 10.4. The van der Waals surface area contributed by atoms with Crippen molar-refractivity contribution >= 4 is 5.97 Å². The molecule has 0 aliphatic carbocycles. The molecular weight excluding hydrogens is 224 g/mol. The zero-order valence-electron chi connectivity index (χ0n) is 10.1. The van der Waals surface area contributed by atoms with Gasteiger partial charge >= 0.3 is 5.97 Å². The fourth-order valence-electron chi connectivity index (χ4n) is 1.13. The van der Waals surface area contributed by atoms with Gasteiger partial charge in [0.2, 0.25) is 0 Å². The molecule has 1 aromatic rings. The molecule has 0 saturated heterocycles. The van der Waals surface area contributed by atoms with Crippen LogP contribution in [0.5, 0.6) is 5.75 Å². The van der Waals surface area contributed by atoms with E-state index < -0.39 is 5.97 Å². The predicted octanol–water partition coefficient (Wildman–Crippen LogP) is 1.98. The summed E-state index contributed by atoms with van der Waals surface area (Å²) in [6.07, 6.45) is 0.462. The van der Waals surface area contributed by atoms with Crippen molar-refractivity contribution in [1.82, 2.24) is 0 Å². The summed E-state index contributed by atoms with van der Waals surface area (Å²) in [4.78, 5) is 21.0. The Bertz CT molecular complexity index is 364. The molecule has 93 valence electrons. The maximum atomic E-state index is 11.6. The van der Waals surface area contributed by atoms with E-state index in [4.69, 9.17) is 14.4 Å². The van der Waals surface area contributed by atoms with Crippen LogP contribution in [0, 0.1) is 6.10 Å². The Morgan fingerprint density at radius 1 is 1.24 bits per heavy atom. The van der Waals surface area contributed by atoms with Crippen molar-refractivity contribution < 1.29 is 24.0 Å². The van der Waals surface area contributed by atoms with E-state index in [0.717, 1.165) is 0 Å². The molecule has 1 rings (SSSR count). The first-order valence-corrected chi connectivity index (χ1v) is 5.01. The number of benzene rings is 1. The van der Waals surface area contributed by atoms with Crippen LogP contribution < -0.4 is 4.74 Å². The molecule has 0 fully saturated rings. The number of carbonyl (C=O) groups is 1. The third-order valence-corrected chi connectivity index (χ3v) is 1.91. The number of carbonyl (C=O) groups excluding carboxylic acids is 1. The number of hydrogen-bond acceptors (Lipinski definition) is 5. The van der Waals surface area contributed by atoms with Gasteiger partial charge in [-0.05, 0) is 25.1 Å². The quantitative estimate of drug-likeness (QED) is 0.561. The van der Waals surface area contributed by atoms with Crippen LogP contribution in [0.25, 0.3) is 0 Å². The van der Waals surface area contributed by atoms with E-state index in [1.807, 2.05) is 0 Å². The summed E-state index contributed by atoms with van der Waals surface area (Å²) in [6, 6.07) is 6.61. The smallest absolute Gasteiger partial charge is 0.373 e. The average molecular weight is 239 g/mol. The van der Waals surface area contributed by atoms with Crippen LogP contribution in [-0.4, -0.2) is 26.8 Å². The van der Waals surface area contributed by atoms with Crippen molar-refractivity contribution in [3.8, 4) is 5.75 Å². The Hall–Kier alpha value is -1.59. The molecule has 0 unspecified atom stereocenters. The van der Waals surface area contributed by atoms with E-state index in [-0.39, 0.29) is 6.61 Å². The largest absolute Gasteiger partial charge is 0.497 e. The second-order valence-electron chi connectivity index (χ2n) is 3.32. The zero-order valence-corrected chi connectivity index (χ0v) is 10.1. The second-order valence-corrected chi connectivity index (χ2v) is 3.32. The number of rotatable bonds is 6. The molecular formula is C12H15O5. The van der Waals surface area contributed by atoms with Gasteiger partial charge in [0.05, 0.1) is 19.3 Å². The summed E-state index contributed by atoms with van der Waals surface area (Å²) in [5.41, 5.74) is 0.356. The Balaban J connectivity index is 2.51. The third-order valence-electron chi connectivity index (χ3n) is 1.91. The maximum Gasteiger partial charge on any atom is 0.373 e. The lowest BCUT2D eigenvalue weighted by atomic mass is 10.2. The lowest BCUT2D eigenvalue weighted by Gasteiger charge is -2.09. The van der Waals surface area contributed by atoms with E-state index in [1.54, 1.807) is 31.2 Å². The predicted molar refractivity (Wildman–Crippen MR) is 60.3 cm³/mol. The maximum absolute atomic E-state index is 11.6. The topological polar surface area (TPSA) is 54.0 Å². The molecule has 0 heterocycles. The van der Waals surface area contributed by atoms with Gasteiger partial charge in [0, 0.05) is 7.11 Å². The van der Waals surface area contributed by atoms with Gasteiger partial charge in [0.25, 0.3) is 0 Å². The van der Waals surface area contributed by atoms with Crippen molar-refractivity contribution in [2.24, 2.45) is 0 Å². The van der Waals surface area contributed by atoms with E-state index in [9.17, 15) is 4.79 Å². The minimum Gasteiger partial charge on any atom is -0.497 e. The molecule has 1 radical (unpaired) electrons. The molecule has 17 heavy (non-hydrogen) atoms. The molecule has 5 nitrogen and oxygen atoms in total. The van der Waals surface area contributed by atoms with Crippen molar-refractivity contribution in [3.05, 3.63) is 35.9 Å². The van der Waals surface area contributed by atoms with Gasteiger partial charge in [0.1, 0.15) is 5.75 Å². The van der Waals surface area contributed by atoms with E-state index >= 15 is 0 Å². The molecule has 0 aromatic heterocycles. The standard InChI is InChI=1S/C12H15O5/c1-9(8-14-2)16-17-12(13)10-5-4-6-11(7-10)15-3/h4-7H,8H2,1-3H3. The van der Waals surface area contributed by atoms with Crippen molar-refractivity contribution in [2.45, 2.75) is 6.92 Å². The van der Waals surface area contributed by atoms with Crippen LogP contribution in [0.15, 0.2) is 24.3 Å². The number of methoxy groups -OCH3 is 2. The van der Waals surface area contributed by atoms with Crippen LogP contribution in [-0.2, 0) is 14.5 Å². The Kier molecular flexibility index (Phi) is 5.45. The van der Waals surface area contributed by atoms with Crippen molar-refractivity contribution in [3.63, 3.8) is 0 Å². The Morgan fingerprint density at radius 3 is 2.65 bits per heavy atom. The Morgan fingerprint density at radius 2 is 2.00 bits per heavy atom. The molecule has 0 aliphatic heterocycles. The molecule has 0 aliphatic rings. The fourth-order valence-corrected chi connectivity index (χ4v) is 1.13. The highest BCUT2D eigenvalue weighted by Crippen LogP contribution is 2.14. The lowest BCUT2D eigenvalue weighted by molar-refractivity contribution is -0.237. The van der Waals surface area contributed by atoms with E-state index in [1.165, 1.54) is 14.2 Å². The SMILES string of the molecule is COC[C](C)OOC(=O)c1cccc(OC)c1. The molecule has 0 spiro atoms. The summed E-state index contributed by atoms with van der Waals surface area (Å²) in [5.74, 6) is -0.00334. The van der Waals surface area contributed by atoms with Crippen LogP contribution in [0.4, 0.5) is 0 Å². The monoisotopic (exact) mass is 239 g/mol. The van der Waals surface area contributed by atoms with Crippen molar-refractivity contribution in [1.29, 1.82) is 0 Å². The first-order chi connectivity index (χ1) is 8.17. The number of hydrogen-bond donors (Lipinski definition) is 0. The summed E-state index contributed by atoms with van der Waals surface area (Å²) in [5, 5.41) is 0. The van der Waals surface area contributed by atoms with Gasteiger partial charge in [-0.2, -0.15) is 4.89 Å². The van der Waals surface area contributed by atoms with Crippen LogP contribution >= 0.6 is 0 Å². The fraction of sp³-hybridized carbons (Fsp3) is 0.333. The zero-order chi connectivity index (χ0) is 12.7. The van der Waals surface area contributed by atoms with Crippen LogP contribution in [0.1, 0.15) is 17.3 Å². The molecule has 5 heteroatoms. The van der Waals surface area contributed by atoms with E-state index in [2.05, 4.69) is 4.89 Å². The minimum atomic E-state index is -0.584. The van der Waals surface area contributed by atoms with E-state index in [0.29, 0.717) is 17.4 Å². The molecule has 0 bridgehead atoms. The van der Waals surface area contributed by atoms with Crippen LogP contribution in [0.3, 0.4) is 0 Å². The van der Waals surface area contributed by atoms with Crippen molar-refractivity contribution in [2.75, 3.05) is 20.8 Å². The summed E-state index contributed by atoms with van der Waals surface area (Å²) < 4.78 is 9.80. The average Bonchev–Trinajstić information content (AvgIpc) is 2.36. The summed E-state index contributed by atoms with van der Waals surface area (Å²) >= 11 is 0. The minimum absolute atomic E-state index is 0.269. The van der Waals surface area contributed by atoms with Gasteiger partial charge in [-0.25, -0.2) is 4.79 Å². The number of ether oxygens (including phenoxy) is 2. The summed E-state index contributed by atoms with van der Waals surface area (Å²) in [6.45, 7) is 1.92. The highest BCUT2D eigenvalue weighted by Gasteiger charge is 2.12. The molecule has 0 amide bonds. The third kappa shape index (κ3) is 4.42. The Labute approximate surface area is 100 Å². The summed E-state index contributed by atoms with van der Waals surface area (Å²) in [7, 11) is 3.05. The lowest BCUT2D eigenvalue weighted by Crippen LogP contribution is -2.11. The van der Waals surface area contributed by atoms with Gasteiger partial charge in [0.15, 0.2) is 6.10 Å². The molecule has 0 saturated carbocycles. The first kappa shape index (κ1) is 13.5. The van der Waals surface area contributed by atoms with Crippen LogP contribution in [0.2, 0.25) is 0 Å². The van der Waals surface area contributed by atoms with Gasteiger partial charge in [-0.15, -0.1) is 0 Å². The highest BCUT2D eigenvalue weighted by atomic mass is 17.2.